The van der Waals surface area contributed by atoms with Gasteiger partial charge >= 0.3 is 6.18 Å². The number of amides is 1. The van der Waals surface area contributed by atoms with E-state index in [4.69, 9.17) is 19.9 Å². The number of aliphatic imine (C=N–C) groups is 1. The minimum absolute atomic E-state index is 0.0113. The molecule has 1 amide bonds. The van der Waals surface area contributed by atoms with Gasteiger partial charge in [-0.3, -0.25) is 9.69 Å². The van der Waals surface area contributed by atoms with Crippen LogP contribution in [0, 0.1) is 0 Å². The van der Waals surface area contributed by atoms with Gasteiger partial charge in [-0.1, -0.05) is 0 Å². The van der Waals surface area contributed by atoms with Crippen molar-refractivity contribution in [2.45, 2.75) is 49.1 Å². The monoisotopic (exact) mass is 413 g/mol. The van der Waals surface area contributed by atoms with Gasteiger partial charge in [0.05, 0.1) is 6.10 Å². The highest BCUT2D eigenvalue weighted by atomic mass is 19.4. The summed E-state index contributed by atoms with van der Waals surface area (Å²) in [7, 11) is 3.16. The number of methoxy groups -OCH3 is 1. The van der Waals surface area contributed by atoms with Crippen molar-refractivity contribution >= 4 is 11.9 Å². The highest BCUT2D eigenvalue weighted by Gasteiger charge is 2.69. The molecule has 1 fully saturated rings. The Kier molecular flexibility index (Phi) is 4.45. The van der Waals surface area contributed by atoms with E-state index in [2.05, 4.69) is 4.99 Å². The summed E-state index contributed by atoms with van der Waals surface area (Å²) in [5, 5.41) is 0. The number of halogens is 3. The van der Waals surface area contributed by atoms with E-state index < -0.39 is 23.9 Å². The predicted molar refractivity (Wildman–Crippen MR) is 96.7 cm³/mol. The second-order valence-electron chi connectivity index (χ2n) is 7.64. The van der Waals surface area contributed by atoms with Gasteiger partial charge in [-0.2, -0.15) is 13.2 Å². The van der Waals surface area contributed by atoms with Gasteiger partial charge in [0.1, 0.15) is 17.1 Å². The minimum atomic E-state index is -4.47. The van der Waals surface area contributed by atoms with E-state index in [0.29, 0.717) is 37.0 Å². The summed E-state index contributed by atoms with van der Waals surface area (Å²) < 4.78 is 54.3. The fraction of sp³-hybridized carbons (Fsp3) is 0.579. The number of nitrogens with two attached hydrogens (primary N) is 1. The molecule has 2 aliphatic heterocycles. The number of guanidine groups is 1. The molecule has 1 aromatic rings. The lowest BCUT2D eigenvalue weighted by atomic mass is 9.68. The van der Waals surface area contributed by atoms with E-state index in [1.807, 2.05) is 0 Å². The van der Waals surface area contributed by atoms with Crippen LogP contribution in [0.5, 0.6) is 11.5 Å². The van der Waals surface area contributed by atoms with Crippen LogP contribution in [0.1, 0.15) is 31.2 Å². The highest BCUT2D eigenvalue weighted by molar-refractivity contribution is 6.08. The molecule has 0 bridgehead atoms. The maximum Gasteiger partial charge on any atom is 0.422 e. The molecule has 29 heavy (non-hydrogen) atoms. The summed E-state index contributed by atoms with van der Waals surface area (Å²) in [6.07, 6.45) is -2.11. The van der Waals surface area contributed by atoms with E-state index in [0.717, 1.165) is 0 Å². The van der Waals surface area contributed by atoms with Crippen molar-refractivity contribution in [1.29, 1.82) is 0 Å². The first-order valence-electron chi connectivity index (χ1n) is 9.31. The van der Waals surface area contributed by atoms with Crippen LogP contribution in [0.25, 0.3) is 0 Å². The van der Waals surface area contributed by atoms with Gasteiger partial charge in [0, 0.05) is 19.7 Å². The SMILES string of the molecule is COC1CCC2(CC1)Oc1ccc(OCC(F)(F)F)cc1C21N=C(N)N(C)C1=O. The molecule has 0 aromatic heterocycles. The summed E-state index contributed by atoms with van der Waals surface area (Å²) in [6, 6.07) is 4.33. The average molecular weight is 413 g/mol. The molecule has 7 nitrogen and oxygen atoms in total. The van der Waals surface area contributed by atoms with Gasteiger partial charge in [-0.05, 0) is 43.9 Å². The Morgan fingerprint density at radius 2 is 2.03 bits per heavy atom. The molecule has 1 aliphatic carbocycles. The van der Waals surface area contributed by atoms with Crippen LogP contribution in [-0.2, 0) is 15.1 Å². The van der Waals surface area contributed by atoms with Crippen molar-refractivity contribution in [3.8, 4) is 11.5 Å². The zero-order valence-electron chi connectivity index (χ0n) is 16.1. The van der Waals surface area contributed by atoms with Crippen LogP contribution in [-0.4, -0.2) is 55.4 Å². The van der Waals surface area contributed by atoms with Crippen LogP contribution >= 0.6 is 0 Å². The van der Waals surface area contributed by atoms with E-state index in [1.54, 1.807) is 7.11 Å². The Labute approximate surface area is 165 Å². The third kappa shape index (κ3) is 2.92. The number of hydrogen-bond acceptors (Lipinski definition) is 6. The van der Waals surface area contributed by atoms with Gasteiger partial charge in [0.25, 0.3) is 5.91 Å². The zero-order valence-corrected chi connectivity index (χ0v) is 16.1. The number of benzene rings is 1. The van der Waals surface area contributed by atoms with E-state index in [-0.39, 0.29) is 23.7 Å². The fourth-order valence-electron chi connectivity index (χ4n) is 4.54. The molecule has 1 atom stereocenters. The van der Waals surface area contributed by atoms with Crippen molar-refractivity contribution in [2.75, 3.05) is 20.8 Å². The topological polar surface area (TPSA) is 86.4 Å². The normalized spacial score (nSPS) is 31.2. The minimum Gasteiger partial charge on any atom is -0.484 e. The van der Waals surface area contributed by atoms with Crippen LogP contribution in [0.3, 0.4) is 0 Å². The molecule has 2 heterocycles. The van der Waals surface area contributed by atoms with Crippen molar-refractivity contribution < 1.29 is 32.2 Å². The van der Waals surface area contributed by atoms with E-state index in [9.17, 15) is 18.0 Å². The first-order chi connectivity index (χ1) is 13.6. The summed E-state index contributed by atoms with van der Waals surface area (Å²) in [5.74, 6) is 0.0714. The molecular weight excluding hydrogens is 391 g/mol. The standard InChI is InChI=1S/C19H22F3N3O4/c1-25-15(26)19(24-16(25)23)13-9-12(28-10-18(20,21)22)3-4-14(13)29-17(19)7-5-11(27-2)6-8-17/h3-4,9,11H,5-8,10H2,1-2H3,(H2,23,24). The molecule has 10 heteroatoms. The van der Waals surface area contributed by atoms with Crippen molar-refractivity contribution in [2.24, 2.45) is 10.7 Å². The van der Waals surface area contributed by atoms with Gasteiger partial charge in [-0.25, -0.2) is 4.99 Å². The molecule has 1 saturated carbocycles. The molecule has 1 aromatic carbocycles. The third-order valence-electron chi connectivity index (χ3n) is 6.02. The molecule has 0 saturated heterocycles. The number of fused-ring (bicyclic) bond motifs is 3. The largest absolute Gasteiger partial charge is 0.484 e. The van der Waals surface area contributed by atoms with Crippen LogP contribution in [0.2, 0.25) is 0 Å². The smallest absolute Gasteiger partial charge is 0.422 e. The zero-order chi connectivity index (χ0) is 21.0. The number of ether oxygens (including phenoxy) is 3. The van der Waals surface area contributed by atoms with Gasteiger partial charge in [-0.15, -0.1) is 0 Å². The van der Waals surface area contributed by atoms with Gasteiger partial charge < -0.3 is 19.9 Å². The Bertz CT molecular complexity index is 865. The fourth-order valence-corrected chi connectivity index (χ4v) is 4.54. The summed E-state index contributed by atoms with van der Waals surface area (Å²) in [4.78, 5) is 19.1. The molecule has 158 valence electrons. The number of carbonyl (C=O) groups excluding carboxylic acids is 1. The van der Waals surface area contributed by atoms with Crippen molar-refractivity contribution in [1.82, 2.24) is 4.90 Å². The quantitative estimate of drug-likeness (QED) is 0.822. The highest BCUT2D eigenvalue weighted by Crippen LogP contribution is 2.58. The van der Waals surface area contributed by atoms with Crippen molar-refractivity contribution in [3.63, 3.8) is 0 Å². The Morgan fingerprint density at radius 3 is 2.59 bits per heavy atom. The second kappa shape index (κ2) is 6.51. The maximum absolute atomic E-state index is 13.4. The van der Waals surface area contributed by atoms with Crippen LogP contribution in [0.15, 0.2) is 23.2 Å². The summed E-state index contributed by atoms with van der Waals surface area (Å²) in [5.41, 5.74) is 3.93. The first-order valence-corrected chi connectivity index (χ1v) is 9.31. The molecule has 4 rings (SSSR count). The van der Waals surface area contributed by atoms with Gasteiger partial charge in [0.2, 0.25) is 5.54 Å². The number of nitrogens with zero attached hydrogens (tertiary/aromatic N) is 2. The van der Waals surface area contributed by atoms with Gasteiger partial charge in [0.15, 0.2) is 12.6 Å². The van der Waals surface area contributed by atoms with Crippen LogP contribution in [0.4, 0.5) is 13.2 Å². The number of likely N-dealkylation sites (N-methyl/N-ethyl adjacent to an activating group) is 1. The van der Waals surface area contributed by atoms with Crippen molar-refractivity contribution in [3.05, 3.63) is 23.8 Å². The summed E-state index contributed by atoms with van der Waals surface area (Å²) >= 11 is 0. The van der Waals surface area contributed by atoms with Crippen LogP contribution < -0.4 is 15.2 Å². The molecule has 0 radical (unpaired) electrons. The lowest BCUT2D eigenvalue weighted by Crippen LogP contribution is -2.57. The predicted octanol–water partition coefficient (Wildman–Crippen LogP) is 2.33. The molecule has 3 aliphatic rings. The number of rotatable bonds is 3. The molecule has 2 spiro atoms. The number of alkyl halides is 3. The number of carbonyl (C=O) groups is 1. The summed E-state index contributed by atoms with van der Waals surface area (Å²) in [6.45, 7) is -1.43. The second-order valence-corrected chi connectivity index (χ2v) is 7.64. The van der Waals surface area contributed by atoms with E-state index in [1.165, 1.54) is 30.1 Å². The first kappa shape index (κ1) is 19.8. The maximum atomic E-state index is 13.4. The average Bonchev–Trinajstić information content (AvgIpc) is 3.07. The lowest BCUT2D eigenvalue weighted by molar-refractivity contribution is -0.153. The Balaban J connectivity index is 1.78. The molecule has 1 unspecified atom stereocenters. The number of hydrogen-bond donors (Lipinski definition) is 1. The van der Waals surface area contributed by atoms with E-state index >= 15 is 0 Å². The lowest BCUT2D eigenvalue weighted by Gasteiger charge is -2.43. The molecule has 2 N–H and O–H groups in total. The Hall–Kier alpha value is -2.49. The third-order valence-corrected chi connectivity index (χ3v) is 6.02. The molecular formula is C19H22F3N3O4. The Morgan fingerprint density at radius 1 is 1.34 bits per heavy atom.